The molecule has 6 nitrogen and oxygen atoms in total. The molecule has 25 heavy (non-hydrogen) atoms. The smallest absolute Gasteiger partial charge is 0.226 e. The second-order valence-corrected chi connectivity index (χ2v) is 7.76. The van der Waals surface area contributed by atoms with Crippen LogP contribution >= 0.6 is 0 Å². The lowest BCUT2D eigenvalue weighted by atomic mass is 9.68. The van der Waals surface area contributed by atoms with Gasteiger partial charge in [-0.2, -0.15) is 0 Å². The molecule has 4 atom stereocenters. The van der Waals surface area contributed by atoms with Crippen LogP contribution in [0.1, 0.15) is 66.2 Å². The van der Waals surface area contributed by atoms with Crippen molar-refractivity contribution in [2.75, 3.05) is 0 Å². The molecule has 0 saturated heterocycles. The van der Waals surface area contributed by atoms with Gasteiger partial charge in [-0.05, 0) is 43.1 Å². The summed E-state index contributed by atoms with van der Waals surface area (Å²) in [6, 6.07) is -0.0856. The van der Waals surface area contributed by atoms with Gasteiger partial charge in [0.2, 0.25) is 17.8 Å². The van der Waals surface area contributed by atoms with Gasteiger partial charge in [-0.15, -0.1) is 0 Å². The summed E-state index contributed by atoms with van der Waals surface area (Å²) in [5, 5.41) is 14.2. The van der Waals surface area contributed by atoms with Crippen LogP contribution in [0, 0.1) is 11.8 Å². The lowest BCUT2D eigenvalue weighted by molar-refractivity contribution is -0.126. The van der Waals surface area contributed by atoms with Gasteiger partial charge in [0.05, 0.1) is 11.7 Å². The molecular weight excluding hydrogens is 318 g/mol. The first kappa shape index (κ1) is 18.1. The fourth-order valence-corrected chi connectivity index (χ4v) is 4.81. The minimum absolute atomic E-state index is 0.0856. The van der Waals surface area contributed by atoms with Gasteiger partial charge in [-0.25, -0.2) is 4.99 Å². The van der Waals surface area contributed by atoms with Crippen LogP contribution in [-0.4, -0.2) is 39.4 Å². The van der Waals surface area contributed by atoms with E-state index in [0.29, 0.717) is 18.0 Å². The van der Waals surface area contributed by atoms with Crippen molar-refractivity contribution in [3.05, 3.63) is 11.3 Å². The van der Waals surface area contributed by atoms with Crippen molar-refractivity contribution in [2.45, 2.75) is 77.9 Å². The lowest BCUT2D eigenvalue weighted by Gasteiger charge is -2.46. The van der Waals surface area contributed by atoms with E-state index in [4.69, 9.17) is 0 Å². The zero-order valence-corrected chi connectivity index (χ0v) is 15.6. The molecule has 0 aromatic carbocycles. The Hall–Kier alpha value is -1.69. The predicted octanol–water partition coefficient (Wildman–Crippen LogP) is 2.33. The Balaban J connectivity index is 2.11. The first-order valence-electron chi connectivity index (χ1n) is 9.42. The Morgan fingerprint density at radius 1 is 1.36 bits per heavy atom. The Morgan fingerprint density at radius 2 is 2.08 bits per heavy atom. The van der Waals surface area contributed by atoms with Gasteiger partial charge in [-0.3, -0.25) is 19.8 Å². The molecule has 3 rings (SSSR count). The number of carbonyl (C=O) groups is 2. The molecule has 1 fully saturated rings. The molecule has 2 N–H and O–H groups in total. The number of aliphatic imine (C=N–C) groups is 1. The molecule has 6 heteroatoms. The Morgan fingerprint density at radius 3 is 2.68 bits per heavy atom. The van der Waals surface area contributed by atoms with E-state index in [1.165, 1.54) is 13.8 Å². The molecule has 2 aliphatic carbocycles. The van der Waals surface area contributed by atoms with Crippen molar-refractivity contribution in [1.82, 2.24) is 10.2 Å². The highest BCUT2D eigenvalue weighted by atomic mass is 16.3. The first-order valence-corrected chi connectivity index (χ1v) is 9.42. The van der Waals surface area contributed by atoms with E-state index < -0.39 is 5.60 Å². The molecular formula is C19H29N3O3. The average molecular weight is 347 g/mol. The Kier molecular flexibility index (Phi) is 4.75. The van der Waals surface area contributed by atoms with E-state index in [1.54, 1.807) is 4.90 Å². The Labute approximate surface area is 149 Å². The van der Waals surface area contributed by atoms with Crippen LogP contribution in [0.4, 0.5) is 0 Å². The molecule has 1 aliphatic heterocycles. The van der Waals surface area contributed by atoms with Gasteiger partial charge in [0.25, 0.3) is 0 Å². The number of unbranched alkanes of at least 4 members (excludes halogenated alkanes) is 1. The maximum Gasteiger partial charge on any atom is 0.226 e. The SMILES string of the molecule is CCCCC1(O)C2=C3C(CCC3N(C(C)=O)C(NC(C)=O)=N2)CC1C. The number of hydrogen-bond donors (Lipinski definition) is 2. The van der Waals surface area contributed by atoms with Gasteiger partial charge in [-0.1, -0.05) is 26.7 Å². The number of carbonyl (C=O) groups excluding carboxylic acids is 2. The summed E-state index contributed by atoms with van der Waals surface area (Å²) in [5.41, 5.74) is 0.867. The van der Waals surface area contributed by atoms with Gasteiger partial charge >= 0.3 is 0 Å². The highest BCUT2D eigenvalue weighted by Crippen LogP contribution is 2.52. The van der Waals surface area contributed by atoms with Gasteiger partial charge in [0.1, 0.15) is 5.60 Å². The molecule has 0 bridgehead atoms. The van der Waals surface area contributed by atoms with E-state index >= 15 is 0 Å². The zero-order chi connectivity index (χ0) is 18.4. The second-order valence-electron chi connectivity index (χ2n) is 7.76. The third-order valence-corrected chi connectivity index (χ3v) is 6.02. The average Bonchev–Trinajstić information content (AvgIpc) is 2.93. The fraction of sp³-hybridized carbons (Fsp3) is 0.737. The number of amides is 2. The van der Waals surface area contributed by atoms with Crippen LogP contribution in [0.3, 0.4) is 0 Å². The van der Waals surface area contributed by atoms with Crippen molar-refractivity contribution in [3.63, 3.8) is 0 Å². The summed E-state index contributed by atoms with van der Waals surface area (Å²) in [7, 11) is 0. The van der Waals surface area contributed by atoms with E-state index in [1.807, 2.05) is 0 Å². The molecule has 0 aromatic rings. The quantitative estimate of drug-likeness (QED) is 0.822. The summed E-state index contributed by atoms with van der Waals surface area (Å²) in [6.07, 6.45) is 5.40. The Bertz CT molecular complexity index is 654. The maximum absolute atomic E-state index is 12.3. The van der Waals surface area contributed by atoms with Crippen LogP contribution in [0.5, 0.6) is 0 Å². The molecule has 138 valence electrons. The maximum atomic E-state index is 12.3. The summed E-state index contributed by atoms with van der Waals surface area (Å²) in [4.78, 5) is 30.2. The van der Waals surface area contributed by atoms with Crippen LogP contribution in [-0.2, 0) is 9.59 Å². The predicted molar refractivity (Wildman–Crippen MR) is 95.6 cm³/mol. The normalized spacial score (nSPS) is 33.9. The van der Waals surface area contributed by atoms with E-state index in [2.05, 4.69) is 24.2 Å². The monoisotopic (exact) mass is 347 g/mol. The third-order valence-electron chi connectivity index (χ3n) is 6.02. The zero-order valence-electron chi connectivity index (χ0n) is 15.6. The molecule has 0 aromatic heterocycles. The second kappa shape index (κ2) is 6.56. The van der Waals surface area contributed by atoms with Gasteiger partial charge in [0, 0.05) is 13.8 Å². The third kappa shape index (κ3) is 2.90. The van der Waals surface area contributed by atoms with Crippen LogP contribution in [0.15, 0.2) is 16.3 Å². The minimum Gasteiger partial charge on any atom is -0.383 e. The number of nitrogens with one attached hydrogen (secondary N) is 1. The van der Waals surface area contributed by atoms with Crippen LogP contribution in [0.25, 0.3) is 0 Å². The number of rotatable bonds is 3. The van der Waals surface area contributed by atoms with Crippen molar-refractivity contribution in [1.29, 1.82) is 0 Å². The van der Waals surface area contributed by atoms with Gasteiger partial charge < -0.3 is 5.11 Å². The van der Waals surface area contributed by atoms with Crippen LogP contribution in [0.2, 0.25) is 0 Å². The number of nitrogens with zero attached hydrogens (tertiary/aromatic N) is 2. The standard InChI is InChI=1S/C19H29N3O3/c1-5-6-9-19(25)11(2)10-14-7-8-15-16(14)17(19)21-18(20-12(3)23)22(15)13(4)24/h11,14-15,25H,5-10H2,1-4H3,(H,20,21,23). The molecule has 0 spiro atoms. The number of hydrogen-bond acceptors (Lipinski definition) is 4. The molecule has 2 amide bonds. The number of guanidine groups is 1. The van der Waals surface area contributed by atoms with E-state index in [-0.39, 0.29) is 29.7 Å². The van der Waals surface area contributed by atoms with Crippen molar-refractivity contribution in [2.24, 2.45) is 16.8 Å². The van der Waals surface area contributed by atoms with Crippen molar-refractivity contribution < 1.29 is 14.7 Å². The summed E-state index contributed by atoms with van der Waals surface area (Å²) < 4.78 is 0. The van der Waals surface area contributed by atoms with Crippen LogP contribution < -0.4 is 5.32 Å². The fourth-order valence-electron chi connectivity index (χ4n) is 4.81. The molecule has 1 saturated carbocycles. The lowest BCUT2D eigenvalue weighted by Crippen LogP contribution is -2.56. The van der Waals surface area contributed by atoms with E-state index in [0.717, 1.165) is 37.7 Å². The summed E-state index contributed by atoms with van der Waals surface area (Å²) in [5.74, 6) is 0.382. The van der Waals surface area contributed by atoms with Crippen molar-refractivity contribution in [3.8, 4) is 0 Å². The first-order chi connectivity index (χ1) is 11.8. The minimum atomic E-state index is -0.975. The van der Waals surface area contributed by atoms with Crippen molar-refractivity contribution >= 4 is 17.8 Å². The molecule has 1 heterocycles. The number of aliphatic hydroxyl groups is 1. The topological polar surface area (TPSA) is 82.0 Å². The summed E-state index contributed by atoms with van der Waals surface area (Å²) in [6.45, 7) is 7.12. The van der Waals surface area contributed by atoms with E-state index in [9.17, 15) is 14.7 Å². The molecule has 3 aliphatic rings. The highest BCUT2D eigenvalue weighted by molar-refractivity contribution is 6.05. The molecule has 4 unspecified atom stereocenters. The largest absolute Gasteiger partial charge is 0.383 e. The molecule has 0 radical (unpaired) electrons. The summed E-state index contributed by atoms with van der Waals surface area (Å²) >= 11 is 0. The van der Waals surface area contributed by atoms with Gasteiger partial charge in [0.15, 0.2) is 0 Å². The highest BCUT2D eigenvalue weighted by Gasteiger charge is 2.53.